The molecular formula is C22H32N4O4S. The fourth-order valence-electron chi connectivity index (χ4n) is 4.12. The molecule has 170 valence electrons. The average Bonchev–Trinajstić information content (AvgIpc) is 3.11. The monoisotopic (exact) mass is 448 g/mol. The van der Waals surface area contributed by atoms with E-state index in [9.17, 15) is 4.79 Å². The van der Waals surface area contributed by atoms with Crippen molar-refractivity contribution in [3.63, 3.8) is 0 Å². The third-order valence-electron chi connectivity index (χ3n) is 5.88. The number of benzene rings is 1. The van der Waals surface area contributed by atoms with Crippen molar-refractivity contribution in [2.75, 3.05) is 25.8 Å². The zero-order valence-corrected chi connectivity index (χ0v) is 19.6. The molecule has 3 unspecified atom stereocenters. The van der Waals surface area contributed by atoms with E-state index in [1.165, 1.54) is 22.9 Å². The number of nitrogen functional groups attached to an aromatic ring is 1. The van der Waals surface area contributed by atoms with Crippen LogP contribution in [0.4, 0.5) is 0 Å². The first kappa shape index (κ1) is 23.2. The maximum Gasteiger partial charge on any atom is 0.316 e. The highest BCUT2D eigenvalue weighted by Crippen LogP contribution is 2.36. The Morgan fingerprint density at radius 3 is 2.71 bits per heavy atom. The van der Waals surface area contributed by atoms with Gasteiger partial charge in [-0.15, -0.1) is 10.2 Å². The number of nitrogens with two attached hydrogens (primary N) is 1. The van der Waals surface area contributed by atoms with Gasteiger partial charge in [-0.05, 0) is 42.7 Å². The highest BCUT2D eigenvalue weighted by Gasteiger charge is 2.33. The quantitative estimate of drug-likeness (QED) is 0.370. The van der Waals surface area contributed by atoms with Crippen LogP contribution >= 0.6 is 11.8 Å². The highest BCUT2D eigenvalue weighted by molar-refractivity contribution is 7.99. The van der Waals surface area contributed by atoms with Crippen LogP contribution in [-0.4, -0.2) is 46.9 Å². The second kappa shape index (κ2) is 10.3. The first-order valence-corrected chi connectivity index (χ1v) is 11.6. The molecule has 1 fully saturated rings. The number of carbonyl (C=O) groups excluding carboxylic acids is 1. The van der Waals surface area contributed by atoms with Gasteiger partial charge in [-0.3, -0.25) is 4.79 Å². The van der Waals surface area contributed by atoms with Crippen molar-refractivity contribution in [1.82, 2.24) is 14.9 Å². The van der Waals surface area contributed by atoms with Gasteiger partial charge in [-0.1, -0.05) is 39.0 Å². The Balaban J connectivity index is 1.65. The fraction of sp³-hybridized carbons (Fsp3) is 0.591. The molecule has 1 heterocycles. The molecule has 0 radical (unpaired) electrons. The molecule has 2 N–H and O–H groups in total. The van der Waals surface area contributed by atoms with Crippen molar-refractivity contribution in [2.45, 2.75) is 51.3 Å². The lowest BCUT2D eigenvalue weighted by Crippen LogP contribution is -2.36. The number of thioether (sulfide) groups is 1. The fourth-order valence-corrected chi connectivity index (χ4v) is 4.76. The third-order valence-corrected chi connectivity index (χ3v) is 6.79. The standard InChI is InChI=1S/C22H32N4O4S/c1-13(2)16-8-6-14(3)10-19(16)30-20(27)12-31-22-25-24-21(26(22)23)17-9-7-15(28-4)11-18(17)29-5/h7,9,11,13-14,16,19H,6,8,10,12,23H2,1-5H3. The first-order valence-electron chi connectivity index (χ1n) is 10.6. The van der Waals surface area contributed by atoms with E-state index in [2.05, 4.69) is 31.0 Å². The lowest BCUT2D eigenvalue weighted by Gasteiger charge is -2.36. The van der Waals surface area contributed by atoms with Gasteiger partial charge in [0.1, 0.15) is 17.6 Å². The van der Waals surface area contributed by atoms with Gasteiger partial charge in [0.15, 0.2) is 5.82 Å². The summed E-state index contributed by atoms with van der Waals surface area (Å²) in [4.78, 5) is 12.5. The second-order valence-corrected chi connectivity index (χ2v) is 9.33. The van der Waals surface area contributed by atoms with Gasteiger partial charge in [-0.2, -0.15) is 0 Å². The minimum atomic E-state index is -0.249. The molecule has 31 heavy (non-hydrogen) atoms. The van der Waals surface area contributed by atoms with Gasteiger partial charge in [0.05, 0.1) is 25.5 Å². The molecule has 1 aromatic carbocycles. The Hall–Kier alpha value is -2.42. The van der Waals surface area contributed by atoms with E-state index in [-0.39, 0.29) is 17.8 Å². The number of ether oxygens (including phenoxy) is 3. The predicted octanol–water partition coefficient (Wildman–Crippen LogP) is 3.77. The molecule has 8 nitrogen and oxygen atoms in total. The molecule has 0 aliphatic heterocycles. The van der Waals surface area contributed by atoms with Crippen molar-refractivity contribution in [3.05, 3.63) is 18.2 Å². The van der Waals surface area contributed by atoms with Crippen LogP contribution in [-0.2, 0) is 9.53 Å². The molecule has 2 aromatic rings. The van der Waals surface area contributed by atoms with Crippen LogP contribution in [0.2, 0.25) is 0 Å². The maximum atomic E-state index is 12.5. The van der Waals surface area contributed by atoms with Crippen LogP contribution in [0.3, 0.4) is 0 Å². The van der Waals surface area contributed by atoms with E-state index in [4.69, 9.17) is 20.1 Å². The summed E-state index contributed by atoms with van der Waals surface area (Å²) >= 11 is 1.22. The van der Waals surface area contributed by atoms with Gasteiger partial charge in [0, 0.05) is 6.07 Å². The molecular weight excluding hydrogens is 416 g/mol. The number of nitrogens with zero attached hydrogens (tertiary/aromatic N) is 3. The number of carbonyl (C=O) groups is 1. The average molecular weight is 449 g/mol. The third kappa shape index (κ3) is 5.44. The SMILES string of the molecule is COc1ccc(-c2nnc(SCC(=O)OC3CC(C)CCC3C(C)C)n2N)c(OC)c1. The van der Waals surface area contributed by atoms with Gasteiger partial charge in [0.2, 0.25) is 5.16 Å². The molecule has 0 bridgehead atoms. The van der Waals surface area contributed by atoms with Gasteiger partial charge in [-0.25, -0.2) is 4.68 Å². The van der Waals surface area contributed by atoms with Crippen LogP contribution in [0.5, 0.6) is 11.5 Å². The maximum absolute atomic E-state index is 12.5. The van der Waals surface area contributed by atoms with Gasteiger partial charge < -0.3 is 20.1 Å². The summed E-state index contributed by atoms with van der Waals surface area (Å²) in [5.74, 6) is 9.25. The topological polar surface area (TPSA) is 101 Å². The number of aromatic nitrogens is 3. The largest absolute Gasteiger partial charge is 0.497 e. The molecule has 1 aliphatic rings. The summed E-state index contributed by atoms with van der Waals surface area (Å²) in [6.07, 6.45) is 3.20. The number of methoxy groups -OCH3 is 2. The summed E-state index contributed by atoms with van der Waals surface area (Å²) < 4.78 is 17.9. The van der Waals surface area contributed by atoms with Crippen LogP contribution in [0, 0.1) is 17.8 Å². The zero-order valence-electron chi connectivity index (χ0n) is 18.8. The molecule has 3 rings (SSSR count). The lowest BCUT2D eigenvalue weighted by molar-refractivity contribution is -0.152. The predicted molar refractivity (Wildman–Crippen MR) is 121 cm³/mol. The number of rotatable bonds is 8. The number of hydrogen-bond acceptors (Lipinski definition) is 8. The summed E-state index contributed by atoms with van der Waals surface area (Å²) in [5, 5.41) is 8.76. The Morgan fingerprint density at radius 1 is 1.26 bits per heavy atom. The Kier molecular flexibility index (Phi) is 7.69. The van der Waals surface area contributed by atoms with Gasteiger partial charge >= 0.3 is 5.97 Å². The minimum Gasteiger partial charge on any atom is -0.497 e. The number of esters is 1. The summed E-state index contributed by atoms with van der Waals surface area (Å²) in [5.41, 5.74) is 0.684. The second-order valence-electron chi connectivity index (χ2n) is 8.39. The molecule has 0 amide bonds. The summed E-state index contributed by atoms with van der Waals surface area (Å²) in [6.45, 7) is 6.61. The zero-order chi connectivity index (χ0) is 22.5. The van der Waals surface area contributed by atoms with Gasteiger partial charge in [0.25, 0.3) is 0 Å². The van der Waals surface area contributed by atoms with Crippen molar-refractivity contribution in [2.24, 2.45) is 17.8 Å². The summed E-state index contributed by atoms with van der Waals surface area (Å²) in [7, 11) is 3.16. The molecule has 3 atom stereocenters. The van der Waals surface area contributed by atoms with Crippen LogP contribution in [0.25, 0.3) is 11.4 Å². The van der Waals surface area contributed by atoms with E-state index in [0.29, 0.717) is 45.8 Å². The Labute approximate surface area is 187 Å². The molecule has 9 heteroatoms. The minimum absolute atomic E-state index is 0.0216. The first-order chi connectivity index (χ1) is 14.8. The molecule has 1 saturated carbocycles. The Bertz CT molecular complexity index is 902. The van der Waals surface area contributed by atoms with E-state index in [1.54, 1.807) is 26.4 Å². The van der Waals surface area contributed by atoms with Crippen LogP contribution in [0.1, 0.15) is 40.0 Å². The van der Waals surface area contributed by atoms with Crippen molar-refractivity contribution in [1.29, 1.82) is 0 Å². The molecule has 0 saturated heterocycles. The summed E-state index contributed by atoms with van der Waals surface area (Å²) in [6, 6.07) is 5.36. The molecule has 0 spiro atoms. The van der Waals surface area contributed by atoms with Crippen LogP contribution in [0.15, 0.2) is 23.4 Å². The number of hydrogen-bond donors (Lipinski definition) is 1. The Morgan fingerprint density at radius 2 is 2.03 bits per heavy atom. The van der Waals surface area contributed by atoms with Crippen LogP contribution < -0.4 is 15.3 Å². The highest BCUT2D eigenvalue weighted by atomic mass is 32.2. The lowest BCUT2D eigenvalue weighted by atomic mass is 9.75. The van der Waals surface area contributed by atoms with E-state index in [0.717, 1.165) is 12.8 Å². The van der Waals surface area contributed by atoms with E-state index >= 15 is 0 Å². The van der Waals surface area contributed by atoms with E-state index < -0.39 is 0 Å². The molecule has 1 aromatic heterocycles. The normalized spacial score (nSPS) is 21.2. The molecule has 1 aliphatic carbocycles. The van der Waals surface area contributed by atoms with E-state index in [1.807, 2.05) is 6.07 Å². The van der Waals surface area contributed by atoms with Crippen molar-refractivity contribution < 1.29 is 19.0 Å². The smallest absolute Gasteiger partial charge is 0.316 e. The van der Waals surface area contributed by atoms with Crippen molar-refractivity contribution >= 4 is 17.7 Å². The van der Waals surface area contributed by atoms with Crippen molar-refractivity contribution in [3.8, 4) is 22.9 Å².